The van der Waals surface area contributed by atoms with Crippen LogP contribution in [0.5, 0.6) is 0 Å². The number of nitrogens with one attached hydrogen (secondary N) is 1. The minimum Gasteiger partial charge on any atom is -0.480 e. The van der Waals surface area contributed by atoms with Crippen LogP contribution in [0.25, 0.3) is 10.9 Å². The maximum absolute atomic E-state index is 11.9. The summed E-state index contributed by atoms with van der Waals surface area (Å²) in [4.78, 5) is 11.9. The highest BCUT2D eigenvalue weighted by Crippen LogP contribution is 2.24. The summed E-state index contributed by atoms with van der Waals surface area (Å²) in [7, 11) is 0. The number of fused-ring (bicyclic) bond motifs is 1. The van der Waals surface area contributed by atoms with E-state index in [0.29, 0.717) is 13.0 Å². The Hall–Kier alpha value is -3.37. The van der Waals surface area contributed by atoms with Crippen molar-refractivity contribution in [2.45, 2.75) is 25.6 Å². The van der Waals surface area contributed by atoms with Gasteiger partial charge in [0.2, 0.25) is 0 Å². The molecule has 1 aromatic heterocycles. The fourth-order valence-corrected chi connectivity index (χ4v) is 3.70. The van der Waals surface area contributed by atoms with Crippen molar-refractivity contribution in [2.24, 2.45) is 0 Å². The van der Waals surface area contributed by atoms with Crippen LogP contribution >= 0.6 is 0 Å². The van der Waals surface area contributed by atoms with Crippen LogP contribution < -0.4 is 5.32 Å². The van der Waals surface area contributed by atoms with Gasteiger partial charge < -0.3 is 15.0 Å². The zero-order chi connectivity index (χ0) is 20.1. The first-order chi connectivity index (χ1) is 14.2. The molecule has 3 aromatic carbocycles. The molecule has 0 amide bonds. The van der Waals surface area contributed by atoms with Crippen molar-refractivity contribution < 1.29 is 9.90 Å². The quantitative estimate of drug-likeness (QED) is 0.471. The Balaban J connectivity index is 1.58. The fraction of sp³-hybridized carbons (Fsp3) is 0.160. The molecule has 146 valence electrons. The number of aliphatic carboxylic acids is 1. The second kappa shape index (κ2) is 8.76. The van der Waals surface area contributed by atoms with E-state index in [1.807, 2.05) is 60.7 Å². The van der Waals surface area contributed by atoms with E-state index in [1.165, 1.54) is 5.56 Å². The highest BCUT2D eigenvalue weighted by Gasteiger charge is 2.20. The van der Waals surface area contributed by atoms with E-state index in [2.05, 4.69) is 40.3 Å². The van der Waals surface area contributed by atoms with Crippen molar-refractivity contribution >= 4 is 16.9 Å². The van der Waals surface area contributed by atoms with E-state index in [1.54, 1.807) is 0 Å². The molecule has 1 heterocycles. The van der Waals surface area contributed by atoms with Gasteiger partial charge in [0.25, 0.3) is 0 Å². The topological polar surface area (TPSA) is 54.3 Å². The summed E-state index contributed by atoms with van der Waals surface area (Å²) in [6.45, 7) is 1.29. The predicted octanol–water partition coefficient (Wildman–Crippen LogP) is 4.48. The molecule has 4 rings (SSSR count). The van der Waals surface area contributed by atoms with Gasteiger partial charge in [0.15, 0.2) is 0 Å². The lowest BCUT2D eigenvalue weighted by Gasteiger charge is -2.14. The lowest BCUT2D eigenvalue weighted by atomic mass is 10.0. The van der Waals surface area contributed by atoms with Crippen LogP contribution in [0.4, 0.5) is 0 Å². The van der Waals surface area contributed by atoms with Gasteiger partial charge in [-0.1, -0.05) is 78.9 Å². The molecule has 2 N–H and O–H groups in total. The standard InChI is InChI=1S/C25H24N2O2/c28-25(29)23(26-16-19-9-3-1-4-10-19)15-21-18-27(17-20-11-5-2-6-12-20)24-14-8-7-13-22(21)24/h1-14,18,23,26H,15-17H2,(H,28,29). The van der Waals surface area contributed by atoms with Crippen molar-refractivity contribution in [3.05, 3.63) is 108 Å². The van der Waals surface area contributed by atoms with E-state index in [9.17, 15) is 9.90 Å². The molecule has 1 atom stereocenters. The predicted molar refractivity (Wildman–Crippen MR) is 116 cm³/mol. The van der Waals surface area contributed by atoms with Gasteiger partial charge >= 0.3 is 5.97 Å². The van der Waals surface area contributed by atoms with E-state index in [-0.39, 0.29) is 0 Å². The first kappa shape index (κ1) is 19.0. The van der Waals surface area contributed by atoms with Crippen molar-refractivity contribution in [3.63, 3.8) is 0 Å². The SMILES string of the molecule is O=C(O)C(Cc1cn(Cc2ccccc2)c2ccccc12)NCc1ccccc1. The Labute approximate surface area is 170 Å². The minimum absolute atomic E-state index is 0.435. The van der Waals surface area contributed by atoms with Crippen LogP contribution in [0.3, 0.4) is 0 Å². The van der Waals surface area contributed by atoms with Gasteiger partial charge in [0, 0.05) is 36.6 Å². The number of hydrogen-bond acceptors (Lipinski definition) is 2. The molecule has 0 saturated carbocycles. The number of nitrogens with zero attached hydrogens (tertiary/aromatic N) is 1. The molecule has 4 nitrogen and oxygen atoms in total. The molecule has 0 aliphatic carbocycles. The zero-order valence-corrected chi connectivity index (χ0v) is 16.2. The number of para-hydroxylation sites is 1. The molecule has 0 fully saturated rings. The van der Waals surface area contributed by atoms with Crippen molar-refractivity contribution in [2.75, 3.05) is 0 Å². The van der Waals surface area contributed by atoms with Crippen LogP contribution in [0.15, 0.2) is 91.1 Å². The molecule has 0 aliphatic rings. The molecular formula is C25H24N2O2. The normalized spacial score (nSPS) is 12.1. The van der Waals surface area contributed by atoms with Crippen molar-refractivity contribution in [1.29, 1.82) is 0 Å². The molecule has 1 unspecified atom stereocenters. The van der Waals surface area contributed by atoms with Gasteiger partial charge in [-0.25, -0.2) is 0 Å². The fourth-order valence-electron chi connectivity index (χ4n) is 3.70. The molecule has 0 saturated heterocycles. The van der Waals surface area contributed by atoms with Crippen molar-refractivity contribution in [3.8, 4) is 0 Å². The summed E-state index contributed by atoms with van der Waals surface area (Å²) in [5.74, 6) is -0.833. The molecule has 4 heteroatoms. The van der Waals surface area contributed by atoms with Gasteiger partial charge in [0.05, 0.1) is 0 Å². The average molecular weight is 384 g/mol. The summed E-state index contributed by atoms with van der Waals surface area (Å²) < 4.78 is 2.20. The van der Waals surface area contributed by atoms with E-state index < -0.39 is 12.0 Å². The summed E-state index contributed by atoms with van der Waals surface area (Å²) in [6.07, 6.45) is 2.53. The molecule has 0 spiro atoms. The number of aromatic nitrogens is 1. The molecule has 4 aromatic rings. The van der Waals surface area contributed by atoms with E-state index in [0.717, 1.165) is 28.6 Å². The third-order valence-corrected chi connectivity index (χ3v) is 5.18. The third-order valence-electron chi connectivity index (χ3n) is 5.18. The van der Waals surface area contributed by atoms with Crippen LogP contribution in [-0.2, 0) is 24.3 Å². The molecule has 0 bridgehead atoms. The molecular weight excluding hydrogens is 360 g/mol. The number of carboxylic acid groups (broad SMARTS) is 1. The lowest BCUT2D eigenvalue weighted by molar-refractivity contribution is -0.139. The molecule has 0 aliphatic heterocycles. The first-order valence-electron chi connectivity index (χ1n) is 9.81. The Bertz CT molecular complexity index is 1090. The highest BCUT2D eigenvalue weighted by atomic mass is 16.4. The lowest BCUT2D eigenvalue weighted by Crippen LogP contribution is -2.38. The largest absolute Gasteiger partial charge is 0.480 e. The van der Waals surface area contributed by atoms with Gasteiger partial charge in [-0.2, -0.15) is 0 Å². The summed E-state index contributed by atoms with van der Waals surface area (Å²) in [5, 5.41) is 14.1. The number of hydrogen-bond donors (Lipinski definition) is 2. The highest BCUT2D eigenvalue weighted by molar-refractivity contribution is 5.85. The van der Waals surface area contributed by atoms with Crippen LogP contribution in [0, 0.1) is 0 Å². The Kier molecular flexibility index (Phi) is 5.73. The molecule has 29 heavy (non-hydrogen) atoms. The Morgan fingerprint density at radius 1 is 0.862 bits per heavy atom. The van der Waals surface area contributed by atoms with E-state index >= 15 is 0 Å². The smallest absolute Gasteiger partial charge is 0.321 e. The maximum Gasteiger partial charge on any atom is 0.321 e. The van der Waals surface area contributed by atoms with Gasteiger partial charge in [-0.05, 0) is 22.8 Å². The monoisotopic (exact) mass is 384 g/mol. The number of benzene rings is 3. The van der Waals surface area contributed by atoms with Gasteiger partial charge in [0.1, 0.15) is 6.04 Å². The van der Waals surface area contributed by atoms with Crippen LogP contribution in [0.2, 0.25) is 0 Å². The first-order valence-corrected chi connectivity index (χ1v) is 9.81. The van der Waals surface area contributed by atoms with Gasteiger partial charge in [-0.3, -0.25) is 4.79 Å². The summed E-state index contributed by atoms with van der Waals surface area (Å²) >= 11 is 0. The number of carbonyl (C=O) groups is 1. The number of carboxylic acids is 1. The second-order valence-corrected chi connectivity index (χ2v) is 7.25. The third kappa shape index (κ3) is 4.55. The Morgan fingerprint density at radius 2 is 1.48 bits per heavy atom. The zero-order valence-electron chi connectivity index (χ0n) is 16.2. The van der Waals surface area contributed by atoms with Crippen LogP contribution in [0.1, 0.15) is 16.7 Å². The van der Waals surface area contributed by atoms with Gasteiger partial charge in [-0.15, -0.1) is 0 Å². The van der Waals surface area contributed by atoms with Crippen LogP contribution in [-0.4, -0.2) is 21.7 Å². The number of rotatable bonds is 8. The minimum atomic E-state index is -0.833. The summed E-state index contributed by atoms with van der Waals surface area (Å²) in [5.41, 5.74) is 4.46. The van der Waals surface area contributed by atoms with E-state index in [4.69, 9.17) is 0 Å². The second-order valence-electron chi connectivity index (χ2n) is 7.25. The van der Waals surface area contributed by atoms with Crippen molar-refractivity contribution in [1.82, 2.24) is 9.88 Å². The average Bonchev–Trinajstić information content (AvgIpc) is 3.10. The maximum atomic E-state index is 11.9. The Morgan fingerprint density at radius 3 is 2.17 bits per heavy atom. The molecule has 0 radical (unpaired) electrons. The summed E-state index contributed by atoms with van der Waals surface area (Å²) in [6, 6.07) is 27.7.